The summed E-state index contributed by atoms with van der Waals surface area (Å²) in [4.78, 5) is 4.36. The fourth-order valence-corrected chi connectivity index (χ4v) is 3.65. The van der Waals surface area contributed by atoms with Crippen molar-refractivity contribution < 1.29 is 8.42 Å². The normalized spacial score (nSPS) is 21.2. The van der Waals surface area contributed by atoms with E-state index >= 15 is 0 Å². The molecule has 0 bridgehead atoms. The molecule has 0 amide bonds. The third kappa shape index (κ3) is 2.31. The predicted octanol–water partition coefficient (Wildman–Crippen LogP) is 1.36. The van der Waals surface area contributed by atoms with Gasteiger partial charge in [-0.25, -0.2) is 8.42 Å². The van der Waals surface area contributed by atoms with E-state index in [4.69, 9.17) is 0 Å². The molecule has 1 atom stereocenters. The highest BCUT2D eigenvalue weighted by molar-refractivity contribution is 7.90. The van der Waals surface area contributed by atoms with Crippen LogP contribution in [0.3, 0.4) is 0 Å². The van der Waals surface area contributed by atoms with Crippen LogP contribution >= 0.6 is 0 Å². The molecule has 0 fully saturated rings. The van der Waals surface area contributed by atoms with E-state index in [1.807, 2.05) is 24.3 Å². The second-order valence-corrected chi connectivity index (χ2v) is 7.05. The van der Waals surface area contributed by atoms with Crippen LogP contribution < -0.4 is 5.43 Å². The van der Waals surface area contributed by atoms with Crippen molar-refractivity contribution in [1.29, 1.82) is 0 Å². The van der Waals surface area contributed by atoms with Crippen LogP contribution in [0.4, 0.5) is 0 Å². The first-order valence-corrected chi connectivity index (χ1v) is 8.40. The summed E-state index contributed by atoms with van der Waals surface area (Å²) < 4.78 is 24.2. The molecule has 108 valence electrons. The number of sulfone groups is 1. The maximum absolute atomic E-state index is 12.1. The third-order valence-electron chi connectivity index (χ3n) is 3.70. The van der Waals surface area contributed by atoms with Crippen molar-refractivity contribution in [1.82, 2.24) is 10.4 Å². The fraction of sp³-hybridized carbons (Fsp3) is 0.200. The summed E-state index contributed by atoms with van der Waals surface area (Å²) in [6.45, 7) is 0.517. The lowest BCUT2D eigenvalue weighted by Gasteiger charge is -2.28. The Morgan fingerprint density at radius 2 is 1.86 bits per heavy atom. The Morgan fingerprint density at radius 1 is 1.14 bits per heavy atom. The summed E-state index contributed by atoms with van der Waals surface area (Å²) in [5.41, 5.74) is 4.04. The smallest absolute Gasteiger partial charge is 0.175 e. The van der Waals surface area contributed by atoms with Gasteiger partial charge in [0.25, 0.3) is 0 Å². The molecule has 3 rings (SSSR count). The molecule has 1 N–H and O–H groups in total. The van der Waals surface area contributed by atoms with Gasteiger partial charge in [-0.2, -0.15) is 5.10 Å². The molecule has 1 aliphatic rings. The highest BCUT2D eigenvalue weighted by Gasteiger charge is 2.38. The van der Waals surface area contributed by atoms with Gasteiger partial charge in [0.1, 0.15) is 0 Å². The first-order chi connectivity index (χ1) is 10.0. The van der Waals surface area contributed by atoms with Crippen molar-refractivity contribution in [3.05, 3.63) is 59.9 Å². The van der Waals surface area contributed by atoms with Gasteiger partial charge < -0.3 is 5.43 Å². The van der Waals surface area contributed by atoms with Crippen LogP contribution in [-0.2, 0) is 15.3 Å². The Bertz CT molecular complexity index is 788. The van der Waals surface area contributed by atoms with Gasteiger partial charge in [0.2, 0.25) is 0 Å². The Morgan fingerprint density at radius 3 is 2.48 bits per heavy atom. The number of hydrogen-bond donors (Lipinski definition) is 1. The van der Waals surface area contributed by atoms with Crippen molar-refractivity contribution in [2.45, 2.75) is 10.3 Å². The molecule has 0 saturated heterocycles. The molecular formula is C15H15N3O2S. The number of aromatic nitrogens is 1. The summed E-state index contributed by atoms with van der Waals surface area (Å²) in [5, 5.41) is 4.12. The SMILES string of the molecule is CS(=O)(=O)c1ccccc1C1(c2ccncc2)C=NNC1. The molecule has 0 aliphatic carbocycles. The number of benzene rings is 1. The van der Waals surface area contributed by atoms with Crippen LogP contribution in [0, 0.1) is 0 Å². The van der Waals surface area contributed by atoms with E-state index in [-0.39, 0.29) is 0 Å². The highest BCUT2D eigenvalue weighted by Crippen LogP contribution is 2.35. The molecule has 0 spiro atoms. The van der Waals surface area contributed by atoms with E-state index in [1.54, 1.807) is 30.7 Å². The van der Waals surface area contributed by atoms with Gasteiger partial charge >= 0.3 is 0 Å². The zero-order valence-electron chi connectivity index (χ0n) is 11.5. The van der Waals surface area contributed by atoms with Gasteiger partial charge in [0.05, 0.1) is 16.9 Å². The average Bonchev–Trinajstić information content (AvgIpc) is 2.98. The maximum atomic E-state index is 12.1. The Kier molecular flexibility index (Phi) is 3.25. The topological polar surface area (TPSA) is 71.4 Å². The number of hydrogen-bond acceptors (Lipinski definition) is 5. The molecule has 2 heterocycles. The van der Waals surface area contributed by atoms with Crippen LogP contribution in [0.5, 0.6) is 0 Å². The van der Waals surface area contributed by atoms with Crippen LogP contribution in [0.2, 0.25) is 0 Å². The van der Waals surface area contributed by atoms with Crippen molar-refractivity contribution in [3.8, 4) is 0 Å². The minimum Gasteiger partial charge on any atom is -0.309 e. The van der Waals surface area contributed by atoms with Gasteiger partial charge in [-0.1, -0.05) is 18.2 Å². The number of rotatable bonds is 3. The first-order valence-electron chi connectivity index (χ1n) is 6.51. The van der Waals surface area contributed by atoms with Crippen LogP contribution in [0.1, 0.15) is 11.1 Å². The molecule has 1 aromatic heterocycles. The van der Waals surface area contributed by atoms with Gasteiger partial charge in [-0.05, 0) is 29.3 Å². The molecule has 2 aromatic rings. The van der Waals surface area contributed by atoms with Gasteiger partial charge in [-0.3, -0.25) is 4.98 Å². The van der Waals surface area contributed by atoms with Crippen LogP contribution in [-0.4, -0.2) is 32.4 Å². The van der Waals surface area contributed by atoms with E-state index in [0.29, 0.717) is 11.4 Å². The molecule has 1 aliphatic heterocycles. The van der Waals surface area contributed by atoms with Gasteiger partial charge in [0, 0.05) is 24.9 Å². The molecule has 6 heteroatoms. The second kappa shape index (κ2) is 4.96. The molecule has 0 radical (unpaired) electrons. The van der Waals surface area contributed by atoms with Crippen LogP contribution in [0.25, 0.3) is 0 Å². The van der Waals surface area contributed by atoms with Crippen LogP contribution in [0.15, 0.2) is 58.8 Å². The lowest BCUT2D eigenvalue weighted by Crippen LogP contribution is -2.35. The standard InChI is InChI=1S/C15H15N3O2S/c1-21(19,20)14-5-3-2-4-13(14)15(10-17-18-11-15)12-6-8-16-9-7-12/h2-10,18H,11H2,1H3. The number of nitrogens with one attached hydrogen (secondary N) is 1. The lowest BCUT2D eigenvalue weighted by atomic mass is 9.76. The summed E-state index contributed by atoms with van der Waals surface area (Å²) in [6.07, 6.45) is 6.40. The minimum absolute atomic E-state index is 0.331. The summed E-state index contributed by atoms with van der Waals surface area (Å²) in [5.74, 6) is 0. The lowest BCUT2D eigenvalue weighted by molar-refractivity contribution is 0.594. The molecular weight excluding hydrogens is 286 g/mol. The fourth-order valence-electron chi connectivity index (χ4n) is 2.68. The Labute approximate surface area is 123 Å². The summed E-state index contributed by atoms with van der Waals surface area (Å²) in [6, 6.07) is 10.8. The molecule has 1 unspecified atom stereocenters. The van der Waals surface area contributed by atoms with Crippen molar-refractivity contribution in [3.63, 3.8) is 0 Å². The maximum Gasteiger partial charge on any atom is 0.175 e. The summed E-state index contributed by atoms with van der Waals surface area (Å²) >= 11 is 0. The van der Waals surface area contributed by atoms with Gasteiger partial charge in [-0.15, -0.1) is 0 Å². The number of pyridine rings is 1. The van der Waals surface area contributed by atoms with E-state index < -0.39 is 15.3 Å². The highest BCUT2D eigenvalue weighted by atomic mass is 32.2. The third-order valence-corrected chi connectivity index (χ3v) is 4.85. The number of nitrogens with zero attached hydrogens (tertiary/aromatic N) is 2. The van der Waals surface area contributed by atoms with E-state index in [9.17, 15) is 8.42 Å². The van der Waals surface area contributed by atoms with Crippen molar-refractivity contribution >= 4 is 16.1 Å². The quantitative estimate of drug-likeness (QED) is 0.929. The molecule has 0 saturated carbocycles. The van der Waals surface area contributed by atoms with Gasteiger partial charge in [0.15, 0.2) is 9.84 Å². The zero-order valence-corrected chi connectivity index (χ0v) is 12.3. The predicted molar refractivity (Wildman–Crippen MR) is 81.1 cm³/mol. The van der Waals surface area contributed by atoms with Crippen molar-refractivity contribution in [2.75, 3.05) is 12.8 Å². The van der Waals surface area contributed by atoms with Crippen molar-refractivity contribution in [2.24, 2.45) is 5.10 Å². The molecule has 21 heavy (non-hydrogen) atoms. The molecule has 5 nitrogen and oxygen atoms in total. The van der Waals surface area contributed by atoms with E-state index in [0.717, 1.165) is 11.1 Å². The molecule has 1 aromatic carbocycles. The van der Waals surface area contributed by atoms with E-state index in [2.05, 4.69) is 15.5 Å². The second-order valence-electron chi connectivity index (χ2n) is 5.07. The average molecular weight is 301 g/mol. The number of hydrazone groups is 1. The Balaban J connectivity index is 2.28. The Hall–Kier alpha value is -2.21. The largest absolute Gasteiger partial charge is 0.309 e. The zero-order chi connectivity index (χ0) is 14.9. The summed E-state index contributed by atoms with van der Waals surface area (Å²) in [7, 11) is -3.32. The first kappa shape index (κ1) is 13.8. The monoisotopic (exact) mass is 301 g/mol. The minimum atomic E-state index is -3.32. The van der Waals surface area contributed by atoms with E-state index in [1.165, 1.54) is 6.26 Å².